The SMILES string of the molecule is COC(=O)C(CC#N)C(C(C)=O)C(=O)c1ccc(OC)cc1. The third-order valence-electron chi connectivity index (χ3n) is 3.31. The van der Waals surface area contributed by atoms with Crippen molar-refractivity contribution < 1.29 is 23.9 Å². The molecule has 22 heavy (non-hydrogen) atoms. The summed E-state index contributed by atoms with van der Waals surface area (Å²) in [4.78, 5) is 36.2. The number of carbonyl (C=O) groups is 3. The predicted molar refractivity (Wildman–Crippen MR) is 77.2 cm³/mol. The van der Waals surface area contributed by atoms with Gasteiger partial charge in [-0.25, -0.2) is 0 Å². The van der Waals surface area contributed by atoms with E-state index >= 15 is 0 Å². The van der Waals surface area contributed by atoms with Gasteiger partial charge in [-0.05, 0) is 31.2 Å². The van der Waals surface area contributed by atoms with Crippen LogP contribution in [0.25, 0.3) is 0 Å². The number of nitriles is 1. The quantitative estimate of drug-likeness (QED) is 0.433. The van der Waals surface area contributed by atoms with Crippen molar-refractivity contribution in [2.75, 3.05) is 14.2 Å². The van der Waals surface area contributed by atoms with E-state index in [0.29, 0.717) is 5.75 Å². The number of hydrogen-bond acceptors (Lipinski definition) is 6. The molecule has 0 heterocycles. The van der Waals surface area contributed by atoms with Crippen LogP contribution in [0.5, 0.6) is 5.75 Å². The Morgan fingerprint density at radius 3 is 2.18 bits per heavy atom. The van der Waals surface area contributed by atoms with Gasteiger partial charge in [0, 0.05) is 12.0 Å². The van der Waals surface area contributed by atoms with Gasteiger partial charge < -0.3 is 9.47 Å². The van der Waals surface area contributed by atoms with Crippen molar-refractivity contribution in [2.24, 2.45) is 11.8 Å². The van der Waals surface area contributed by atoms with E-state index in [2.05, 4.69) is 4.74 Å². The van der Waals surface area contributed by atoms with Crippen LogP contribution in [-0.2, 0) is 14.3 Å². The fourth-order valence-corrected chi connectivity index (χ4v) is 2.17. The molecule has 0 spiro atoms. The van der Waals surface area contributed by atoms with Gasteiger partial charge in [0.25, 0.3) is 0 Å². The van der Waals surface area contributed by atoms with Crippen LogP contribution in [0.3, 0.4) is 0 Å². The van der Waals surface area contributed by atoms with Crippen molar-refractivity contribution in [3.63, 3.8) is 0 Å². The lowest BCUT2D eigenvalue weighted by atomic mass is 9.81. The summed E-state index contributed by atoms with van der Waals surface area (Å²) in [7, 11) is 2.65. The number of carbonyl (C=O) groups excluding carboxylic acids is 3. The van der Waals surface area contributed by atoms with Gasteiger partial charge in [-0.15, -0.1) is 0 Å². The molecule has 0 radical (unpaired) electrons. The second-order valence-electron chi connectivity index (χ2n) is 4.67. The van der Waals surface area contributed by atoms with Gasteiger partial charge in [0.2, 0.25) is 0 Å². The van der Waals surface area contributed by atoms with Crippen LogP contribution in [0.15, 0.2) is 24.3 Å². The minimum Gasteiger partial charge on any atom is -0.497 e. The maximum Gasteiger partial charge on any atom is 0.310 e. The van der Waals surface area contributed by atoms with Crippen molar-refractivity contribution in [3.05, 3.63) is 29.8 Å². The highest BCUT2D eigenvalue weighted by molar-refractivity contribution is 6.12. The van der Waals surface area contributed by atoms with Crippen molar-refractivity contribution in [2.45, 2.75) is 13.3 Å². The molecule has 0 aliphatic carbocycles. The molecule has 116 valence electrons. The van der Waals surface area contributed by atoms with Gasteiger partial charge in [-0.2, -0.15) is 5.26 Å². The van der Waals surface area contributed by atoms with Gasteiger partial charge >= 0.3 is 5.97 Å². The lowest BCUT2D eigenvalue weighted by Crippen LogP contribution is -2.35. The smallest absolute Gasteiger partial charge is 0.310 e. The van der Waals surface area contributed by atoms with E-state index in [1.54, 1.807) is 12.1 Å². The number of ketones is 2. The van der Waals surface area contributed by atoms with Crippen LogP contribution in [0.4, 0.5) is 0 Å². The van der Waals surface area contributed by atoms with E-state index in [9.17, 15) is 14.4 Å². The standard InChI is InChI=1S/C16H17NO5/c1-10(18)14(13(8-9-17)16(20)22-3)15(19)11-4-6-12(21-2)7-5-11/h4-7,13-14H,8H2,1-3H3. The zero-order valence-corrected chi connectivity index (χ0v) is 12.7. The Morgan fingerprint density at radius 2 is 1.77 bits per heavy atom. The molecule has 0 saturated heterocycles. The first-order valence-corrected chi connectivity index (χ1v) is 6.59. The second kappa shape index (κ2) is 7.93. The van der Waals surface area contributed by atoms with Crippen molar-refractivity contribution >= 4 is 17.5 Å². The Balaban J connectivity index is 3.16. The van der Waals surface area contributed by atoms with E-state index < -0.39 is 29.4 Å². The van der Waals surface area contributed by atoms with Crippen LogP contribution in [-0.4, -0.2) is 31.8 Å². The normalized spacial score (nSPS) is 12.6. The molecule has 0 bridgehead atoms. The van der Waals surface area contributed by atoms with Crippen molar-refractivity contribution in [3.8, 4) is 11.8 Å². The van der Waals surface area contributed by atoms with Gasteiger partial charge in [-0.3, -0.25) is 14.4 Å². The van der Waals surface area contributed by atoms with E-state index in [4.69, 9.17) is 10.00 Å². The topological polar surface area (TPSA) is 93.5 Å². The average molecular weight is 303 g/mol. The lowest BCUT2D eigenvalue weighted by molar-refractivity contribution is -0.148. The van der Waals surface area contributed by atoms with Gasteiger partial charge in [0.05, 0.1) is 32.1 Å². The third kappa shape index (κ3) is 3.92. The van der Waals surface area contributed by atoms with Crippen LogP contribution >= 0.6 is 0 Å². The van der Waals surface area contributed by atoms with Crippen molar-refractivity contribution in [1.82, 2.24) is 0 Å². The first-order chi connectivity index (χ1) is 10.5. The summed E-state index contributed by atoms with van der Waals surface area (Å²) in [5.74, 6) is -3.52. The number of hydrogen-bond donors (Lipinski definition) is 0. The van der Waals surface area contributed by atoms with E-state index in [1.807, 2.05) is 6.07 Å². The minimum atomic E-state index is -1.24. The number of ether oxygens (including phenoxy) is 2. The summed E-state index contributed by atoms with van der Waals surface area (Å²) in [6, 6.07) is 8.01. The minimum absolute atomic E-state index is 0.265. The Hall–Kier alpha value is -2.68. The molecule has 0 aromatic heterocycles. The fourth-order valence-electron chi connectivity index (χ4n) is 2.17. The Morgan fingerprint density at radius 1 is 1.18 bits per heavy atom. The molecule has 0 aliphatic heterocycles. The highest BCUT2D eigenvalue weighted by Gasteiger charge is 2.38. The first-order valence-electron chi connectivity index (χ1n) is 6.59. The zero-order chi connectivity index (χ0) is 16.7. The molecule has 0 N–H and O–H groups in total. The summed E-state index contributed by atoms with van der Waals surface area (Å²) >= 11 is 0. The molecule has 1 aromatic carbocycles. The summed E-state index contributed by atoms with van der Waals surface area (Å²) in [6.45, 7) is 1.22. The number of rotatable bonds is 7. The van der Waals surface area contributed by atoms with Crippen LogP contribution in [0, 0.1) is 23.2 Å². The van der Waals surface area contributed by atoms with Gasteiger partial charge in [0.1, 0.15) is 11.5 Å². The molecule has 1 aromatic rings. The molecule has 0 amide bonds. The summed E-state index contributed by atoms with van der Waals surface area (Å²) < 4.78 is 9.61. The number of Topliss-reactive ketones (excluding diaryl/α,β-unsaturated/α-hetero) is 2. The third-order valence-corrected chi connectivity index (χ3v) is 3.31. The fraction of sp³-hybridized carbons (Fsp3) is 0.375. The summed E-state index contributed by atoms with van der Waals surface area (Å²) in [5.41, 5.74) is 0.271. The molecule has 6 nitrogen and oxygen atoms in total. The summed E-state index contributed by atoms with van der Waals surface area (Å²) in [5, 5.41) is 8.84. The average Bonchev–Trinajstić information content (AvgIpc) is 2.53. The Bertz CT molecular complexity index is 600. The molecule has 0 saturated carbocycles. The summed E-state index contributed by atoms with van der Waals surface area (Å²) in [6.07, 6.45) is -0.265. The maximum absolute atomic E-state index is 12.5. The zero-order valence-electron chi connectivity index (χ0n) is 12.7. The molecular formula is C16H17NO5. The van der Waals surface area contributed by atoms with Crippen LogP contribution < -0.4 is 4.74 Å². The molecule has 6 heteroatoms. The van der Waals surface area contributed by atoms with Gasteiger partial charge in [0.15, 0.2) is 5.78 Å². The lowest BCUT2D eigenvalue weighted by Gasteiger charge is -2.20. The molecule has 2 atom stereocenters. The molecule has 0 aliphatic rings. The molecular weight excluding hydrogens is 286 g/mol. The van der Waals surface area contributed by atoms with E-state index in [1.165, 1.54) is 26.2 Å². The molecule has 0 fully saturated rings. The Labute approximate surface area is 128 Å². The van der Waals surface area contributed by atoms with E-state index in [0.717, 1.165) is 7.11 Å². The highest BCUT2D eigenvalue weighted by Crippen LogP contribution is 2.24. The Kier molecular flexibility index (Phi) is 6.26. The highest BCUT2D eigenvalue weighted by atomic mass is 16.5. The predicted octanol–water partition coefficient (Wildman–Crippen LogP) is 1.79. The first kappa shape index (κ1) is 17.4. The number of methoxy groups -OCH3 is 2. The molecule has 2 unspecified atom stereocenters. The van der Waals surface area contributed by atoms with Crippen LogP contribution in [0.1, 0.15) is 23.7 Å². The number of esters is 1. The monoisotopic (exact) mass is 303 g/mol. The number of benzene rings is 1. The van der Waals surface area contributed by atoms with Gasteiger partial charge in [-0.1, -0.05) is 0 Å². The number of nitrogens with zero attached hydrogens (tertiary/aromatic N) is 1. The van der Waals surface area contributed by atoms with Crippen molar-refractivity contribution in [1.29, 1.82) is 5.26 Å². The second-order valence-corrected chi connectivity index (χ2v) is 4.67. The largest absolute Gasteiger partial charge is 0.497 e. The maximum atomic E-state index is 12.5. The van der Waals surface area contributed by atoms with E-state index in [-0.39, 0.29) is 12.0 Å². The molecule has 1 rings (SSSR count). The van der Waals surface area contributed by atoms with Crippen LogP contribution in [0.2, 0.25) is 0 Å².